The molecule has 1 aliphatic carbocycles. The number of nitrogens with zero attached hydrogens (tertiary/aromatic N) is 1. The van der Waals surface area contributed by atoms with E-state index in [1.807, 2.05) is 0 Å². The number of likely N-dealkylation sites (tertiary alicyclic amines) is 1. The fourth-order valence-corrected chi connectivity index (χ4v) is 4.49. The van der Waals surface area contributed by atoms with Crippen molar-refractivity contribution in [3.05, 3.63) is 0 Å². The molecule has 2 fully saturated rings. The van der Waals surface area contributed by atoms with E-state index in [1.54, 1.807) is 0 Å². The molecule has 1 saturated heterocycles. The van der Waals surface area contributed by atoms with Crippen LogP contribution in [0.3, 0.4) is 0 Å². The van der Waals surface area contributed by atoms with Gasteiger partial charge in [0.15, 0.2) is 0 Å². The Morgan fingerprint density at radius 3 is 1.82 bits per heavy atom. The van der Waals surface area contributed by atoms with Crippen molar-refractivity contribution >= 4 is 0 Å². The smallest absolute Gasteiger partial charge is 0.00380 e. The van der Waals surface area contributed by atoms with Gasteiger partial charge >= 0.3 is 0 Å². The maximum Gasteiger partial charge on any atom is 0.00380 e. The van der Waals surface area contributed by atoms with Gasteiger partial charge in [0.1, 0.15) is 0 Å². The third-order valence-electron chi connectivity index (χ3n) is 5.09. The molecular weight excluding hydrogens is 206 g/mol. The number of hydrogen-bond donors (Lipinski definition) is 0. The second-order valence-electron chi connectivity index (χ2n) is 8.88. The molecule has 2 unspecified atom stereocenters. The highest BCUT2D eigenvalue weighted by atomic mass is 15.1. The highest BCUT2D eigenvalue weighted by Crippen LogP contribution is 2.64. The number of rotatable bonds is 0. The number of hydrogen-bond acceptors (Lipinski definition) is 1. The Labute approximate surface area is 108 Å². The molecule has 0 aromatic rings. The molecular formula is C16H31N. The minimum Gasteiger partial charge on any atom is -0.305 e. The molecule has 0 bridgehead atoms. The third kappa shape index (κ3) is 2.41. The van der Waals surface area contributed by atoms with E-state index in [2.05, 4.69) is 53.5 Å². The monoisotopic (exact) mass is 237 g/mol. The van der Waals surface area contributed by atoms with Gasteiger partial charge in [-0.3, -0.25) is 0 Å². The lowest BCUT2D eigenvalue weighted by molar-refractivity contribution is -0.0537. The molecule has 1 heteroatoms. The molecule has 0 aromatic heterocycles. The fraction of sp³-hybridized carbons (Fsp3) is 1.00. The van der Waals surface area contributed by atoms with Gasteiger partial charge in [0, 0.05) is 13.1 Å². The Bertz CT molecular complexity index is 288. The molecule has 1 nitrogen and oxygen atoms in total. The van der Waals surface area contributed by atoms with Gasteiger partial charge in [-0.05, 0) is 48.0 Å². The molecule has 0 amide bonds. The first kappa shape index (κ1) is 13.4. The van der Waals surface area contributed by atoms with E-state index in [0.29, 0.717) is 16.2 Å². The lowest BCUT2D eigenvalue weighted by Gasteiger charge is -2.54. The van der Waals surface area contributed by atoms with Crippen molar-refractivity contribution in [2.45, 2.75) is 54.4 Å². The quantitative estimate of drug-likeness (QED) is 0.614. The van der Waals surface area contributed by atoms with Crippen molar-refractivity contribution in [1.29, 1.82) is 0 Å². The van der Waals surface area contributed by atoms with Crippen LogP contribution in [0.1, 0.15) is 54.4 Å². The van der Waals surface area contributed by atoms with Crippen LogP contribution in [0.15, 0.2) is 0 Å². The van der Waals surface area contributed by atoms with E-state index < -0.39 is 0 Å². The van der Waals surface area contributed by atoms with Crippen molar-refractivity contribution in [3.63, 3.8) is 0 Å². The van der Waals surface area contributed by atoms with Gasteiger partial charge < -0.3 is 4.90 Å². The second kappa shape index (κ2) is 3.73. The van der Waals surface area contributed by atoms with Crippen LogP contribution >= 0.6 is 0 Å². The van der Waals surface area contributed by atoms with Crippen LogP contribution in [-0.4, -0.2) is 25.0 Å². The van der Waals surface area contributed by atoms with Crippen molar-refractivity contribution in [2.24, 2.45) is 28.1 Å². The van der Waals surface area contributed by atoms with Gasteiger partial charge in [-0.25, -0.2) is 0 Å². The summed E-state index contributed by atoms with van der Waals surface area (Å²) < 4.78 is 0. The molecule has 2 rings (SSSR count). The maximum absolute atomic E-state index is 2.59. The molecule has 17 heavy (non-hydrogen) atoms. The second-order valence-corrected chi connectivity index (χ2v) is 8.88. The standard InChI is InChI=1S/C16H31N/c1-14(2,3)12-10-17(7)11-16(8-9-16)13(12)15(4,5)6/h12-13H,8-11H2,1-7H3. The minimum absolute atomic E-state index is 0.433. The Morgan fingerprint density at radius 2 is 1.47 bits per heavy atom. The molecule has 1 aliphatic heterocycles. The van der Waals surface area contributed by atoms with Crippen LogP contribution in [0.2, 0.25) is 0 Å². The number of piperidine rings is 1. The summed E-state index contributed by atoms with van der Waals surface area (Å²) in [5.41, 5.74) is 1.54. The highest BCUT2D eigenvalue weighted by Gasteiger charge is 2.60. The van der Waals surface area contributed by atoms with E-state index in [0.717, 1.165) is 11.8 Å². The van der Waals surface area contributed by atoms with Crippen molar-refractivity contribution < 1.29 is 0 Å². The predicted molar refractivity (Wildman–Crippen MR) is 75.1 cm³/mol. The molecule has 2 atom stereocenters. The van der Waals surface area contributed by atoms with Gasteiger partial charge in [-0.2, -0.15) is 0 Å². The average Bonchev–Trinajstić information content (AvgIpc) is 2.79. The lowest BCUT2D eigenvalue weighted by Crippen LogP contribution is -2.54. The average molecular weight is 237 g/mol. The van der Waals surface area contributed by atoms with Gasteiger partial charge in [0.2, 0.25) is 0 Å². The van der Waals surface area contributed by atoms with Crippen LogP contribution in [0.5, 0.6) is 0 Å². The van der Waals surface area contributed by atoms with Crippen molar-refractivity contribution in [2.75, 3.05) is 20.1 Å². The molecule has 1 heterocycles. The van der Waals surface area contributed by atoms with Crippen LogP contribution in [0.4, 0.5) is 0 Å². The van der Waals surface area contributed by atoms with Gasteiger partial charge in [0.25, 0.3) is 0 Å². The van der Waals surface area contributed by atoms with Gasteiger partial charge in [-0.1, -0.05) is 41.5 Å². The van der Waals surface area contributed by atoms with Crippen molar-refractivity contribution in [3.8, 4) is 0 Å². The fourth-order valence-electron chi connectivity index (χ4n) is 4.49. The van der Waals surface area contributed by atoms with E-state index in [1.165, 1.54) is 25.9 Å². The first-order valence-corrected chi connectivity index (χ1v) is 7.25. The third-order valence-corrected chi connectivity index (χ3v) is 5.09. The van der Waals surface area contributed by atoms with Crippen LogP contribution < -0.4 is 0 Å². The highest BCUT2D eigenvalue weighted by molar-refractivity contribution is 5.10. The Balaban J connectivity index is 2.34. The molecule has 100 valence electrons. The first-order valence-electron chi connectivity index (χ1n) is 7.25. The summed E-state index contributed by atoms with van der Waals surface area (Å²) in [7, 11) is 2.32. The lowest BCUT2D eigenvalue weighted by atomic mass is 9.56. The normalized spacial score (nSPS) is 34.1. The van der Waals surface area contributed by atoms with E-state index in [9.17, 15) is 0 Å². The summed E-state index contributed by atoms with van der Waals surface area (Å²) in [6, 6.07) is 0. The SMILES string of the molecule is CN1CC(C(C)(C)C)C(C(C)(C)C)C2(CC2)C1. The Kier molecular flexibility index (Phi) is 2.94. The van der Waals surface area contributed by atoms with Gasteiger partial charge in [-0.15, -0.1) is 0 Å². The Morgan fingerprint density at radius 1 is 0.941 bits per heavy atom. The molecule has 0 N–H and O–H groups in total. The van der Waals surface area contributed by atoms with E-state index >= 15 is 0 Å². The van der Waals surface area contributed by atoms with E-state index in [4.69, 9.17) is 0 Å². The summed E-state index contributed by atoms with van der Waals surface area (Å²) in [6.45, 7) is 17.3. The zero-order chi connectivity index (χ0) is 13.1. The maximum atomic E-state index is 2.59. The molecule has 1 spiro atoms. The minimum atomic E-state index is 0.433. The Hall–Kier alpha value is -0.0400. The molecule has 0 aromatic carbocycles. The van der Waals surface area contributed by atoms with Crippen LogP contribution in [0, 0.1) is 28.1 Å². The summed E-state index contributed by atoms with van der Waals surface area (Å²) in [6.07, 6.45) is 2.93. The van der Waals surface area contributed by atoms with E-state index in [-0.39, 0.29) is 0 Å². The van der Waals surface area contributed by atoms with Gasteiger partial charge in [0.05, 0.1) is 0 Å². The summed E-state index contributed by atoms with van der Waals surface area (Å²) in [5, 5.41) is 0. The van der Waals surface area contributed by atoms with Crippen LogP contribution in [0.25, 0.3) is 0 Å². The first-order chi connectivity index (χ1) is 7.56. The van der Waals surface area contributed by atoms with Crippen molar-refractivity contribution in [1.82, 2.24) is 4.90 Å². The molecule has 1 saturated carbocycles. The summed E-state index contributed by atoms with van der Waals surface area (Å²) in [4.78, 5) is 2.59. The topological polar surface area (TPSA) is 3.24 Å². The zero-order valence-corrected chi connectivity index (χ0v) is 12.9. The summed E-state index contributed by atoms with van der Waals surface area (Å²) in [5.74, 6) is 1.73. The summed E-state index contributed by atoms with van der Waals surface area (Å²) >= 11 is 0. The molecule has 2 aliphatic rings. The predicted octanol–water partition coefficient (Wildman–Crippen LogP) is 4.04. The largest absolute Gasteiger partial charge is 0.305 e. The molecule has 0 radical (unpaired) electrons. The van der Waals surface area contributed by atoms with Crippen LogP contribution in [-0.2, 0) is 0 Å². The zero-order valence-electron chi connectivity index (χ0n) is 12.9.